The minimum absolute atomic E-state index is 0.0719. The van der Waals surface area contributed by atoms with Crippen molar-refractivity contribution in [1.29, 1.82) is 0 Å². The summed E-state index contributed by atoms with van der Waals surface area (Å²) in [5.41, 5.74) is 2.46. The highest BCUT2D eigenvalue weighted by Gasteiger charge is 2.35. The average molecular weight is 349 g/mol. The Morgan fingerprint density at radius 3 is 2.71 bits per heavy atom. The van der Waals surface area contributed by atoms with Crippen LogP contribution in [-0.2, 0) is 27.7 Å². The third-order valence-electron chi connectivity index (χ3n) is 4.51. The molecule has 1 aliphatic carbocycles. The standard InChI is InChI=1S/C17H23N3O3S/c1-13-6-5-7-14(10-13)17(8-3-4-9-17)18-11-16-19-15(20-23-16)12-24(2,21)22/h5-7,10,18H,3-4,8-9,11-12H2,1-2H3. The first-order valence-corrected chi connectivity index (χ1v) is 10.2. The van der Waals surface area contributed by atoms with E-state index in [4.69, 9.17) is 4.52 Å². The molecule has 1 aromatic carbocycles. The van der Waals surface area contributed by atoms with Crippen molar-refractivity contribution >= 4 is 9.84 Å². The van der Waals surface area contributed by atoms with Crippen LogP contribution in [0.25, 0.3) is 0 Å². The molecule has 1 aromatic heterocycles. The minimum Gasteiger partial charge on any atom is -0.338 e. The summed E-state index contributed by atoms with van der Waals surface area (Å²) in [6.45, 7) is 2.53. The van der Waals surface area contributed by atoms with Crippen LogP contribution < -0.4 is 5.32 Å². The van der Waals surface area contributed by atoms with Gasteiger partial charge in [-0.25, -0.2) is 8.42 Å². The monoisotopic (exact) mass is 349 g/mol. The van der Waals surface area contributed by atoms with Gasteiger partial charge in [-0.1, -0.05) is 47.8 Å². The Hall–Kier alpha value is -1.73. The third-order valence-corrected chi connectivity index (χ3v) is 5.29. The maximum atomic E-state index is 11.3. The second-order valence-electron chi connectivity index (χ2n) is 6.69. The quantitative estimate of drug-likeness (QED) is 0.862. The summed E-state index contributed by atoms with van der Waals surface area (Å²) < 4.78 is 27.8. The normalized spacial score (nSPS) is 17.2. The molecule has 0 atom stereocenters. The molecule has 1 aliphatic rings. The van der Waals surface area contributed by atoms with Crippen LogP contribution in [0.1, 0.15) is 48.5 Å². The average Bonchev–Trinajstić information content (AvgIpc) is 3.13. The molecule has 0 radical (unpaired) electrons. The number of nitrogens with one attached hydrogen (secondary N) is 1. The lowest BCUT2D eigenvalue weighted by Crippen LogP contribution is -2.39. The Balaban J connectivity index is 1.73. The topological polar surface area (TPSA) is 85.1 Å². The third kappa shape index (κ3) is 4.02. The number of aromatic nitrogens is 2. The van der Waals surface area contributed by atoms with E-state index in [9.17, 15) is 8.42 Å². The van der Waals surface area contributed by atoms with Crippen LogP contribution in [0.15, 0.2) is 28.8 Å². The predicted octanol–water partition coefficient (Wildman–Crippen LogP) is 2.48. The molecule has 1 heterocycles. The maximum absolute atomic E-state index is 11.3. The van der Waals surface area contributed by atoms with E-state index in [1.807, 2.05) is 0 Å². The van der Waals surface area contributed by atoms with Gasteiger partial charge in [-0.2, -0.15) is 4.98 Å². The molecule has 0 bridgehead atoms. The zero-order valence-electron chi connectivity index (χ0n) is 14.1. The van der Waals surface area contributed by atoms with Gasteiger partial charge >= 0.3 is 0 Å². The Morgan fingerprint density at radius 1 is 1.29 bits per heavy atom. The van der Waals surface area contributed by atoms with Gasteiger partial charge in [-0.3, -0.25) is 5.32 Å². The summed E-state index contributed by atoms with van der Waals surface area (Å²) in [4.78, 5) is 4.18. The molecular formula is C17H23N3O3S. The van der Waals surface area contributed by atoms with Crippen molar-refractivity contribution in [2.24, 2.45) is 0 Å². The fourth-order valence-corrected chi connectivity index (χ4v) is 3.97. The fraction of sp³-hybridized carbons (Fsp3) is 0.529. The molecule has 1 N–H and O–H groups in total. The highest BCUT2D eigenvalue weighted by molar-refractivity contribution is 7.89. The van der Waals surface area contributed by atoms with E-state index in [1.54, 1.807) is 0 Å². The summed E-state index contributed by atoms with van der Waals surface area (Å²) in [5, 5.41) is 7.34. The van der Waals surface area contributed by atoms with E-state index in [0.717, 1.165) is 19.1 Å². The molecule has 24 heavy (non-hydrogen) atoms. The van der Waals surface area contributed by atoms with Gasteiger partial charge in [-0.15, -0.1) is 0 Å². The summed E-state index contributed by atoms with van der Waals surface area (Å²) in [6.07, 6.45) is 5.67. The van der Waals surface area contributed by atoms with Gasteiger partial charge in [0, 0.05) is 11.8 Å². The van der Waals surface area contributed by atoms with Crippen molar-refractivity contribution in [3.05, 3.63) is 47.1 Å². The number of sulfone groups is 1. The van der Waals surface area contributed by atoms with E-state index in [-0.39, 0.29) is 17.1 Å². The lowest BCUT2D eigenvalue weighted by molar-refractivity contribution is 0.297. The number of nitrogens with zero attached hydrogens (tertiary/aromatic N) is 2. The highest BCUT2D eigenvalue weighted by atomic mass is 32.2. The lowest BCUT2D eigenvalue weighted by Gasteiger charge is -2.31. The molecule has 0 unspecified atom stereocenters. The highest BCUT2D eigenvalue weighted by Crippen LogP contribution is 2.39. The Bertz CT molecular complexity index is 808. The van der Waals surface area contributed by atoms with Crippen LogP contribution in [0, 0.1) is 6.92 Å². The van der Waals surface area contributed by atoms with E-state index < -0.39 is 9.84 Å². The van der Waals surface area contributed by atoms with Crippen LogP contribution >= 0.6 is 0 Å². The molecule has 0 spiro atoms. The van der Waals surface area contributed by atoms with Crippen molar-refractivity contribution in [3.8, 4) is 0 Å². The van der Waals surface area contributed by atoms with Crippen LogP contribution in [0.4, 0.5) is 0 Å². The van der Waals surface area contributed by atoms with Crippen molar-refractivity contribution in [2.75, 3.05) is 6.26 Å². The Labute approximate surface area is 142 Å². The number of hydrogen-bond acceptors (Lipinski definition) is 6. The number of aryl methyl sites for hydroxylation is 1. The maximum Gasteiger partial charge on any atom is 0.240 e. The predicted molar refractivity (Wildman–Crippen MR) is 91.0 cm³/mol. The second-order valence-corrected chi connectivity index (χ2v) is 8.83. The van der Waals surface area contributed by atoms with Crippen molar-refractivity contribution in [1.82, 2.24) is 15.5 Å². The first-order chi connectivity index (χ1) is 11.4. The molecule has 0 amide bonds. The van der Waals surface area contributed by atoms with Gasteiger partial charge in [0.25, 0.3) is 0 Å². The molecule has 7 heteroatoms. The molecule has 130 valence electrons. The van der Waals surface area contributed by atoms with Crippen LogP contribution in [0.5, 0.6) is 0 Å². The summed E-state index contributed by atoms with van der Waals surface area (Å²) in [5.74, 6) is 0.442. The first kappa shape index (κ1) is 17.1. The Kier molecular flexibility index (Phi) is 4.73. The van der Waals surface area contributed by atoms with Gasteiger partial charge in [0.1, 0.15) is 5.75 Å². The molecule has 3 rings (SSSR count). The lowest BCUT2D eigenvalue weighted by atomic mass is 9.87. The molecule has 6 nitrogen and oxygen atoms in total. The fourth-order valence-electron chi connectivity index (χ4n) is 3.39. The van der Waals surface area contributed by atoms with Crippen LogP contribution in [-0.4, -0.2) is 24.8 Å². The number of hydrogen-bond donors (Lipinski definition) is 1. The van der Waals surface area contributed by atoms with Gasteiger partial charge in [0.15, 0.2) is 15.7 Å². The molecular weight excluding hydrogens is 326 g/mol. The largest absolute Gasteiger partial charge is 0.338 e. The van der Waals surface area contributed by atoms with Crippen molar-refractivity contribution in [3.63, 3.8) is 0 Å². The first-order valence-electron chi connectivity index (χ1n) is 8.18. The zero-order chi connectivity index (χ0) is 17.2. The SMILES string of the molecule is Cc1cccc(C2(NCc3nc(CS(C)(=O)=O)no3)CCCC2)c1. The van der Waals surface area contributed by atoms with Gasteiger partial charge < -0.3 is 4.52 Å². The second kappa shape index (κ2) is 6.64. The minimum atomic E-state index is -3.16. The summed E-state index contributed by atoms with van der Waals surface area (Å²) >= 11 is 0. The summed E-state index contributed by atoms with van der Waals surface area (Å²) in [7, 11) is -3.16. The van der Waals surface area contributed by atoms with E-state index in [2.05, 4.69) is 46.6 Å². The number of rotatable bonds is 6. The molecule has 2 aromatic rings. The van der Waals surface area contributed by atoms with Gasteiger partial charge in [-0.05, 0) is 25.3 Å². The Morgan fingerprint density at radius 2 is 2.04 bits per heavy atom. The van der Waals surface area contributed by atoms with Crippen LogP contribution in [0.2, 0.25) is 0 Å². The van der Waals surface area contributed by atoms with E-state index >= 15 is 0 Å². The zero-order valence-corrected chi connectivity index (χ0v) is 14.9. The van der Waals surface area contributed by atoms with Crippen molar-refractivity contribution < 1.29 is 12.9 Å². The molecule has 0 aliphatic heterocycles. The number of benzene rings is 1. The molecule has 0 saturated heterocycles. The van der Waals surface area contributed by atoms with E-state index in [0.29, 0.717) is 12.4 Å². The summed E-state index contributed by atoms with van der Waals surface area (Å²) in [6, 6.07) is 8.57. The van der Waals surface area contributed by atoms with Crippen LogP contribution in [0.3, 0.4) is 0 Å². The van der Waals surface area contributed by atoms with Crippen molar-refractivity contribution in [2.45, 2.75) is 50.4 Å². The smallest absolute Gasteiger partial charge is 0.240 e. The van der Waals surface area contributed by atoms with Gasteiger partial charge in [0.05, 0.1) is 6.54 Å². The van der Waals surface area contributed by atoms with E-state index in [1.165, 1.54) is 24.0 Å². The molecule has 1 fully saturated rings. The molecule has 1 saturated carbocycles. The van der Waals surface area contributed by atoms with Gasteiger partial charge in [0.2, 0.25) is 5.89 Å².